The number of carbonyl (C=O) groups is 1. The lowest BCUT2D eigenvalue weighted by Crippen LogP contribution is -2.23. The average Bonchev–Trinajstić information content (AvgIpc) is 2.55. The van der Waals surface area contributed by atoms with Crippen molar-refractivity contribution in [3.8, 4) is 5.75 Å². The highest BCUT2D eigenvalue weighted by Gasteiger charge is 2.12. The zero-order chi connectivity index (χ0) is 17.3. The first-order chi connectivity index (χ1) is 11.5. The molecule has 0 atom stereocenters. The second kappa shape index (κ2) is 6.29. The highest BCUT2D eigenvalue weighted by Crippen LogP contribution is 2.19. The number of ketones is 1. The van der Waals surface area contributed by atoms with Crippen molar-refractivity contribution in [1.82, 2.24) is 4.68 Å². The summed E-state index contributed by atoms with van der Waals surface area (Å²) in [6, 6.07) is 12.9. The summed E-state index contributed by atoms with van der Waals surface area (Å²) in [5.74, 6) is -0.196. The molecule has 0 aliphatic heterocycles. The van der Waals surface area contributed by atoms with Crippen molar-refractivity contribution < 1.29 is 9.90 Å². The third-order valence-electron chi connectivity index (χ3n) is 3.54. The molecule has 1 heterocycles. The molecule has 0 radical (unpaired) electrons. The van der Waals surface area contributed by atoms with Gasteiger partial charge in [-0.2, -0.15) is 9.78 Å². The van der Waals surface area contributed by atoms with Gasteiger partial charge in [0.2, 0.25) is 0 Å². The maximum absolute atomic E-state index is 12.5. The number of phenolic OH excluding ortho intramolecular Hbond substituents is 1. The van der Waals surface area contributed by atoms with Crippen molar-refractivity contribution in [3.05, 3.63) is 75.0 Å². The number of phenols is 1. The van der Waals surface area contributed by atoms with Crippen molar-refractivity contribution in [1.29, 1.82) is 0 Å². The molecule has 5 nitrogen and oxygen atoms in total. The Hall–Kier alpha value is -2.92. The van der Waals surface area contributed by atoms with Crippen molar-refractivity contribution in [3.63, 3.8) is 0 Å². The third-order valence-corrected chi connectivity index (χ3v) is 3.77. The lowest BCUT2D eigenvalue weighted by molar-refractivity contribution is 0.101. The number of nitrogens with zero attached hydrogens (tertiary/aromatic N) is 2. The molecule has 0 spiro atoms. The Morgan fingerprint density at radius 2 is 1.88 bits per heavy atom. The van der Waals surface area contributed by atoms with Gasteiger partial charge in [-0.05, 0) is 61.0 Å². The molecule has 3 rings (SSSR count). The van der Waals surface area contributed by atoms with E-state index >= 15 is 0 Å². The predicted octanol–water partition coefficient (Wildman–Crippen LogP) is 3.45. The van der Waals surface area contributed by atoms with Gasteiger partial charge >= 0.3 is 0 Å². The zero-order valence-electron chi connectivity index (χ0n) is 12.7. The minimum Gasteiger partial charge on any atom is -0.508 e. The maximum Gasteiger partial charge on any atom is 0.282 e. The number of hydrogen-bond donors (Lipinski definition) is 1. The molecule has 0 fully saturated rings. The minimum atomic E-state index is -0.493. The molecule has 0 saturated heterocycles. The number of Topliss-reactive ketones (excluding diaryl/α,β-unsaturated/α-hetero) is 1. The maximum atomic E-state index is 12.5. The number of halogens is 1. The van der Waals surface area contributed by atoms with E-state index in [-0.39, 0.29) is 17.1 Å². The van der Waals surface area contributed by atoms with Crippen LogP contribution in [0.1, 0.15) is 22.8 Å². The highest BCUT2D eigenvalue weighted by molar-refractivity contribution is 6.31. The molecule has 24 heavy (non-hydrogen) atoms. The lowest BCUT2D eigenvalue weighted by Gasteiger charge is -2.07. The first-order valence-corrected chi connectivity index (χ1v) is 7.53. The van der Waals surface area contributed by atoms with Gasteiger partial charge in [-0.25, -0.2) is 0 Å². The molecule has 0 unspecified atom stereocenters. The number of fused-ring (bicyclic) bond motifs is 1. The summed E-state index contributed by atoms with van der Waals surface area (Å²) in [5, 5.41) is 14.7. The SMILES string of the molecule is CC(=O)c1cc2cc(Cl)ccc2n(/N=C/c2ccc(O)cc2)c1=O. The number of benzene rings is 2. The summed E-state index contributed by atoms with van der Waals surface area (Å²) in [4.78, 5) is 24.3. The van der Waals surface area contributed by atoms with Crippen molar-refractivity contribution in [2.75, 3.05) is 0 Å². The molecular formula is C18H13ClN2O3. The van der Waals surface area contributed by atoms with Crippen molar-refractivity contribution in [2.45, 2.75) is 6.92 Å². The van der Waals surface area contributed by atoms with E-state index in [1.165, 1.54) is 36.0 Å². The van der Waals surface area contributed by atoms with Crippen molar-refractivity contribution in [2.24, 2.45) is 5.10 Å². The summed E-state index contributed by atoms with van der Waals surface area (Å²) in [6.07, 6.45) is 1.48. The summed E-state index contributed by atoms with van der Waals surface area (Å²) in [7, 11) is 0. The first kappa shape index (κ1) is 16.0. The number of rotatable bonds is 3. The van der Waals surface area contributed by atoms with Crippen LogP contribution in [0.3, 0.4) is 0 Å². The van der Waals surface area contributed by atoms with Gasteiger partial charge in [0.1, 0.15) is 5.75 Å². The second-order valence-corrected chi connectivity index (χ2v) is 5.71. The van der Waals surface area contributed by atoms with Gasteiger partial charge in [0.05, 0.1) is 17.3 Å². The minimum absolute atomic E-state index is 0.0487. The molecule has 3 aromatic rings. The van der Waals surface area contributed by atoms with E-state index in [1.807, 2.05) is 0 Å². The van der Waals surface area contributed by atoms with Crippen LogP contribution in [0.4, 0.5) is 0 Å². The number of aromatic hydroxyl groups is 1. The molecule has 0 aliphatic rings. The fourth-order valence-corrected chi connectivity index (χ4v) is 2.51. The Morgan fingerprint density at radius 1 is 1.17 bits per heavy atom. The average molecular weight is 341 g/mol. The van der Waals surface area contributed by atoms with Gasteiger partial charge < -0.3 is 5.11 Å². The van der Waals surface area contributed by atoms with Crippen LogP contribution in [0, 0.1) is 0 Å². The van der Waals surface area contributed by atoms with Crippen LogP contribution >= 0.6 is 11.6 Å². The molecule has 0 aliphatic carbocycles. The van der Waals surface area contributed by atoms with Gasteiger partial charge in [0.25, 0.3) is 5.56 Å². The second-order valence-electron chi connectivity index (χ2n) is 5.27. The number of aromatic nitrogens is 1. The fourth-order valence-electron chi connectivity index (χ4n) is 2.33. The molecule has 6 heteroatoms. The van der Waals surface area contributed by atoms with Gasteiger partial charge in [-0.15, -0.1) is 0 Å². The Labute approximate surface area is 142 Å². The van der Waals surface area contributed by atoms with E-state index in [4.69, 9.17) is 11.6 Å². The summed E-state index contributed by atoms with van der Waals surface area (Å²) >= 11 is 6.00. The van der Waals surface area contributed by atoms with E-state index in [0.717, 1.165) is 0 Å². The van der Waals surface area contributed by atoms with Gasteiger partial charge in [0.15, 0.2) is 5.78 Å². The topological polar surface area (TPSA) is 71.7 Å². The van der Waals surface area contributed by atoms with Gasteiger partial charge in [-0.1, -0.05) is 11.6 Å². The number of carbonyl (C=O) groups excluding carboxylic acids is 1. The van der Waals surface area contributed by atoms with Crippen LogP contribution in [0.25, 0.3) is 10.9 Å². The normalized spacial score (nSPS) is 11.2. The van der Waals surface area contributed by atoms with E-state index in [9.17, 15) is 14.7 Å². The summed E-state index contributed by atoms with van der Waals surface area (Å²) in [5.41, 5.74) is 0.805. The largest absolute Gasteiger partial charge is 0.508 e. The molecule has 120 valence electrons. The van der Waals surface area contributed by atoms with Crippen LogP contribution in [-0.4, -0.2) is 21.8 Å². The predicted molar refractivity (Wildman–Crippen MR) is 94.3 cm³/mol. The first-order valence-electron chi connectivity index (χ1n) is 7.15. The lowest BCUT2D eigenvalue weighted by atomic mass is 10.1. The van der Waals surface area contributed by atoms with Gasteiger partial charge in [-0.3, -0.25) is 9.59 Å². The van der Waals surface area contributed by atoms with Crippen LogP contribution in [0.2, 0.25) is 5.02 Å². The smallest absolute Gasteiger partial charge is 0.282 e. The quantitative estimate of drug-likeness (QED) is 0.586. The Bertz CT molecular complexity index is 1020. The Balaban J connectivity index is 2.21. The molecule has 2 aromatic carbocycles. The molecule has 1 N–H and O–H groups in total. The zero-order valence-corrected chi connectivity index (χ0v) is 13.5. The van der Waals surface area contributed by atoms with E-state index in [2.05, 4.69) is 5.10 Å². The van der Waals surface area contributed by atoms with Crippen LogP contribution in [0.5, 0.6) is 5.75 Å². The summed E-state index contributed by atoms with van der Waals surface area (Å²) < 4.78 is 1.18. The van der Waals surface area contributed by atoms with Gasteiger partial charge in [0, 0.05) is 10.4 Å². The van der Waals surface area contributed by atoms with E-state index < -0.39 is 5.56 Å². The third kappa shape index (κ3) is 3.07. The van der Waals surface area contributed by atoms with Crippen LogP contribution < -0.4 is 5.56 Å². The number of hydrogen-bond acceptors (Lipinski definition) is 4. The Morgan fingerprint density at radius 3 is 2.54 bits per heavy atom. The monoisotopic (exact) mass is 340 g/mol. The van der Waals surface area contributed by atoms with E-state index in [1.54, 1.807) is 30.3 Å². The van der Waals surface area contributed by atoms with Crippen LogP contribution in [0.15, 0.2) is 58.4 Å². The standard InChI is InChI=1S/C18H13ClN2O3/c1-11(22)16-9-13-8-14(19)4-7-17(13)21(18(16)24)20-10-12-2-5-15(23)6-3-12/h2-10,23H,1H3/b20-10+. The van der Waals surface area contributed by atoms with E-state index in [0.29, 0.717) is 21.5 Å². The van der Waals surface area contributed by atoms with Crippen molar-refractivity contribution >= 4 is 34.5 Å². The Kier molecular flexibility index (Phi) is 4.18. The summed E-state index contributed by atoms with van der Waals surface area (Å²) in [6.45, 7) is 1.33. The molecule has 0 amide bonds. The fraction of sp³-hybridized carbons (Fsp3) is 0.0556. The highest BCUT2D eigenvalue weighted by atomic mass is 35.5. The molecule has 0 saturated carbocycles. The van der Waals surface area contributed by atoms with Crippen LogP contribution in [-0.2, 0) is 0 Å². The molecule has 0 bridgehead atoms. The number of pyridine rings is 1. The molecule has 1 aromatic heterocycles. The molecular weight excluding hydrogens is 328 g/mol.